The van der Waals surface area contributed by atoms with Gasteiger partial charge in [0.25, 0.3) is 0 Å². The van der Waals surface area contributed by atoms with Crippen molar-refractivity contribution in [3.05, 3.63) is 23.4 Å². The van der Waals surface area contributed by atoms with Crippen molar-refractivity contribution in [2.45, 2.75) is 78.3 Å². The average molecular weight is 380 g/mol. The Morgan fingerprint density at radius 2 is 2.11 bits per heavy atom. The van der Waals surface area contributed by atoms with Crippen LogP contribution in [0.15, 0.2) is 23.4 Å². The van der Waals surface area contributed by atoms with Gasteiger partial charge in [0.1, 0.15) is 19.8 Å². The molecule has 3 aliphatic rings. The molecule has 1 aliphatic heterocycles. The molecule has 3 rings (SSSR count). The van der Waals surface area contributed by atoms with Gasteiger partial charge in [-0.3, -0.25) is 5.32 Å². The van der Waals surface area contributed by atoms with Crippen LogP contribution in [-0.2, 0) is 14.5 Å². The molecule has 0 aromatic rings. The summed E-state index contributed by atoms with van der Waals surface area (Å²) in [4.78, 5) is 12.8. The lowest BCUT2D eigenvalue weighted by atomic mass is 9.91. The monoisotopic (exact) mass is 379 g/mol. The first kappa shape index (κ1) is 20.8. The van der Waals surface area contributed by atoms with E-state index < -0.39 is 0 Å². The number of ether oxygens (including phenoxy) is 1. The first-order valence-electron chi connectivity index (χ1n) is 10.5. The minimum Gasteiger partial charge on any atom is -0.375 e. The largest absolute Gasteiger partial charge is 0.375 e. The first-order valence-corrected chi connectivity index (χ1v) is 10.5. The van der Waals surface area contributed by atoms with Gasteiger partial charge in [-0.1, -0.05) is 31.6 Å². The van der Waals surface area contributed by atoms with Crippen LogP contribution in [0, 0.1) is 11.8 Å². The van der Waals surface area contributed by atoms with Crippen molar-refractivity contribution in [2.24, 2.45) is 11.8 Å². The molecule has 4 unspecified atom stereocenters. The Morgan fingerprint density at radius 1 is 1.26 bits per heavy atom. The maximum absolute atomic E-state index is 6.05. The summed E-state index contributed by atoms with van der Waals surface area (Å²) in [5, 5.41) is 7.09. The van der Waals surface area contributed by atoms with Crippen molar-refractivity contribution in [3.8, 4) is 0 Å². The Labute approximate surface area is 164 Å². The summed E-state index contributed by atoms with van der Waals surface area (Å²) in [6.07, 6.45) is 11.0. The van der Waals surface area contributed by atoms with Crippen LogP contribution < -0.4 is 10.6 Å². The highest BCUT2D eigenvalue weighted by atomic mass is 17.2. The van der Waals surface area contributed by atoms with E-state index in [-0.39, 0.29) is 12.4 Å². The molecular formula is C21H37N3O3. The molecule has 27 heavy (non-hydrogen) atoms. The third-order valence-corrected chi connectivity index (χ3v) is 5.69. The predicted molar refractivity (Wildman–Crippen MR) is 106 cm³/mol. The second-order valence-electron chi connectivity index (χ2n) is 8.56. The van der Waals surface area contributed by atoms with E-state index in [1.165, 1.54) is 30.5 Å². The molecular weight excluding hydrogens is 342 g/mol. The van der Waals surface area contributed by atoms with Crippen molar-refractivity contribution in [1.29, 1.82) is 0 Å². The summed E-state index contributed by atoms with van der Waals surface area (Å²) in [6.45, 7) is 10.5. The lowest BCUT2D eigenvalue weighted by Gasteiger charge is -2.35. The van der Waals surface area contributed by atoms with E-state index >= 15 is 0 Å². The molecule has 0 aromatic carbocycles. The van der Waals surface area contributed by atoms with Crippen LogP contribution in [-0.4, -0.2) is 43.4 Å². The molecule has 0 saturated carbocycles. The molecule has 0 bridgehead atoms. The minimum atomic E-state index is 0.00812. The van der Waals surface area contributed by atoms with Gasteiger partial charge in [0, 0.05) is 18.2 Å². The molecule has 4 atom stereocenters. The van der Waals surface area contributed by atoms with Gasteiger partial charge in [0.2, 0.25) is 0 Å². The number of rotatable bonds is 6. The Balaban J connectivity index is 1.60. The third kappa shape index (κ3) is 6.29. The number of hydrogen-bond acceptors (Lipinski definition) is 6. The standard InChI is InChI=1S/C21H37N3O3/c1-15(2)27-20-10-9-19(11-17(20)4)23-21-22-13-25-26-14-24(21)12-18-7-5-16(3)6-8-18/h7,11,15-17,20-23H,5-6,8-10,12-14H2,1-4H3. The van der Waals surface area contributed by atoms with Crippen molar-refractivity contribution in [2.75, 3.05) is 20.0 Å². The summed E-state index contributed by atoms with van der Waals surface area (Å²) in [5.74, 6) is 1.22. The fraction of sp³-hybridized carbons (Fsp3) is 0.810. The van der Waals surface area contributed by atoms with Crippen LogP contribution in [0.2, 0.25) is 0 Å². The predicted octanol–water partition coefficient (Wildman–Crippen LogP) is 3.48. The van der Waals surface area contributed by atoms with Crippen LogP contribution in [0.25, 0.3) is 0 Å². The summed E-state index contributed by atoms with van der Waals surface area (Å²) < 4.78 is 6.05. The van der Waals surface area contributed by atoms with E-state index in [2.05, 4.69) is 55.4 Å². The number of allylic oxidation sites excluding steroid dienone is 2. The van der Waals surface area contributed by atoms with Gasteiger partial charge in [-0.15, -0.1) is 0 Å². The molecule has 1 fully saturated rings. The lowest BCUT2D eigenvalue weighted by Crippen LogP contribution is -2.54. The fourth-order valence-corrected chi connectivity index (χ4v) is 4.07. The van der Waals surface area contributed by atoms with E-state index in [4.69, 9.17) is 14.5 Å². The quantitative estimate of drug-likeness (QED) is 0.544. The van der Waals surface area contributed by atoms with E-state index in [0.717, 1.165) is 25.3 Å². The topological polar surface area (TPSA) is 55.0 Å². The summed E-state index contributed by atoms with van der Waals surface area (Å²) >= 11 is 0. The molecule has 154 valence electrons. The zero-order valence-corrected chi connectivity index (χ0v) is 17.4. The van der Waals surface area contributed by atoms with Crippen molar-refractivity contribution in [1.82, 2.24) is 15.5 Å². The summed E-state index contributed by atoms with van der Waals surface area (Å²) in [5.41, 5.74) is 2.78. The van der Waals surface area contributed by atoms with Gasteiger partial charge >= 0.3 is 0 Å². The molecule has 2 aliphatic carbocycles. The van der Waals surface area contributed by atoms with Gasteiger partial charge in [0.15, 0.2) is 0 Å². The highest BCUT2D eigenvalue weighted by Gasteiger charge is 2.27. The molecule has 0 aromatic heterocycles. The SMILES string of the molecule is CC1CC=C(CN2COOCNC2NC2=CC(C)C(OC(C)C)CC2)CC1. The maximum Gasteiger partial charge on any atom is 0.138 e. The van der Waals surface area contributed by atoms with Crippen LogP contribution >= 0.6 is 0 Å². The minimum absolute atomic E-state index is 0.00812. The fourth-order valence-electron chi connectivity index (χ4n) is 4.07. The molecule has 6 heteroatoms. The Morgan fingerprint density at radius 3 is 2.81 bits per heavy atom. The first-order chi connectivity index (χ1) is 13.0. The van der Waals surface area contributed by atoms with Crippen LogP contribution in [0.3, 0.4) is 0 Å². The van der Waals surface area contributed by atoms with E-state index in [9.17, 15) is 0 Å². The smallest absolute Gasteiger partial charge is 0.138 e. The molecule has 0 spiro atoms. The Hall–Kier alpha value is -0.920. The Bertz CT molecular complexity index is 535. The van der Waals surface area contributed by atoms with E-state index in [1.54, 1.807) is 0 Å². The van der Waals surface area contributed by atoms with Gasteiger partial charge in [0.05, 0.1) is 12.2 Å². The normalized spacial score (nSPS) is 33.4. The average Bonchev–Trinajstić information content (AvgIpc) is 2.84. The van der Waals surface area contributed by atoms with Crippen LogP contribution in [0.4, 0.5) is 0 Å². The van der Waals surface area contributed by atoms with Gasteiger partial charge < -0.3 is 10.1 Å². The highest BCUT2D eigenvalue weighted by molar-refractivity contribution is 5.11. The number of nitrogens with one attached hydrogen (secondary N) is 2. The molecule has 0 amide bonds. The molecule has 0 radical (unpaired) electrons. The molecule has 1 heterocycles. The second-order valence-corrected chi connectivity index (χ2v) is 8.56. The van der Waals surface area contributed by atoms with Crippen molar-refractivity contribution < 1.29 is 14.5 Å². The van der Waals surface area contributed by atoms with Gasteiger partial charge in [-0.2, -0.15) is 0 Å². The van der Waals surface area contributed by atoms with Crippen LogP contribution in [0.5, 0.6) is 0 Å². The maximum atomic E-state index is 6.05. The zero-order chi connectivity index (χ0) is 19.2. The van der Waals surface area contributed by atoms with Gasteiger partial charge in [-0.05, 0) is 51.9 Å². The van der Waals surface area contributed by atoms with Gasteiger partial charge in [-0.25, -0.2) is 14.7 Å². The van der Waals surface area contributed by atoms with Crippen molar-refractivity contribution in [3.63, 3.8) is 0 Å². The molecule has 2 N–H and O–H groups in total. The second kappa shape index (κ2) is 10.0. The van der Waals surface area contributed by atoms with E-state index in [0.29, 0.717) is 25.5 Å². The summed E-state index contributed by atoms with van der Waals surface area (Å²) in [6, 6.07) is 0. The van der Waals surface area contributed by atoms with Crippen LogP contribution in [0.1, 0.15) is 59.8 Å². The number of nitrogens with zero attached hydrogens (tertiary/aromatic N) is 1. The van der Waals surface area contributed by atoms with Crippen molar-refractivity contribution >= 4 is 0 Å². The highest BCUT2D eigenvalue weighted by Crippen LogP contribution is 2.27. The number of hydrogen-bond donors (Lipinski definition) is 2. The Kier molecular flexibility index (Phi) is 7.73. The summed E-state index contributed by atoms with van der Waals surface area (Å²) in [7, 11) is 0. The molecule has 1 saturated heterocycles. The lowest BCUT2D eigenvalue weighted by molar-refractivity contribution is -0.305. The zero-order valence-electron chi connectivity index (χ0n) is 17.4. The molecule has 6 nitrogen and oxygen atoms in total. The van der Waals surface area contributed by atoms with E-state index in [1.807, 2.05) is 0 Å². The third-order valence-electron chi connectivity index (χ3n) is 5.69.